The minimum Gasteiger partial charge on any atom is -0.307 e. The van der Waals surface area contributed by atoms with Crippen LogP contribution >= 0.6 is 0 Å². The molecule has 16 aromatic carbocycles. The minimum atomic E-state index is 0.628. The van der Waals surface area contributed by atoms with Gasteiger partial charge in [0, 0.05) is 204 Å². The predicted molar refractivity (Wildman–Crippen MR) is 580 cm³/mol. The van der Waals surface area contributed by atoms with Crippen molar-refractivity contribution in [2.75, 3.05) is 0 Å². The summed E-state index contributed by atoms with van der Waals surface area (Å²) in [7, 11) is 0. The topological polar surface area (TPSA) is 220 Å². The van der Waals surface area contributed by atoms with E-state index in [0.29, 0.717) is 5.95 Å². The molecule has 0 N–H and O–H groups in total. The van der Waals surface area contributed by atoms with Gasteiger partial charge in [0.1, 0.15) is 25.3 Å². The van der Waals surface area contributed by atoms with Crippen LogP contribution in [0.15, 0.2) is 452 Å². The molecular formula is C122H74N22. The van der Waals surface area contributed by atoms with Gasteiger partial charge in [-0.25, -0.2) is 54.8 Å². The van der Waals surface area contributed by atoms with Crippen molar-refractivity contribution in [2.45, 2.75) is 0 Å². The molecule has 672 valence electrons. The van der Waals surface area contributed by atoms with Crippen LogP contribution in [-0.4, -0.2) is 106 Å². The Morgan fingerprint density at radius 1 is 0.139 bits per heavy atom. The molecule has 0 bridgehead atoms. The molecule has 0 saturated carbocycles. The molecule has 0 unspecified atom stereocenters. The Kier molecular flexibility index (Phi) is 18.4. The van der Waals surface area contributed by atoms with Crippen molar-refractivity contribution >= 4 is 218 Å². The smallest absolute Gasteiger partial charge is 0.234 e. The molecule has 16 heterocycles. The van der Waals surface area contributed by atoms with Gasteiger partial charge >= 0.3 is 0 Å². The fourth-order valence-corrected chi connectivity index (χ4v) is 22.8. The Morgan fingerprint density at radius 3 is 0.708 bits per heavy atom. The average molecular weight is 1850 g/mol. The third-order valence-electron chi connectivity index (χ3n) is 28.2. The summed E-state index contributed by atoms with van der Waals surface area (Å²) in [5.41, 5.74) is 28.0. The van der Waals surface area contributed by atoms with Crippen LogP contribution in [0, 0.1) is 0 Å². The first-order chi connectivity index (χ1) is 71.7. The lowest BCUT2D eigenvalue weighted by Gasteiger charge is -2.13. The van der Waals surface area contributed by atoms with Crippen LogP contribution in [0.3, 0.4) is 0 Å². The molecule has 0 spiro atoms. The first-order valence-electron chi connectivity index (χ1n) is 47.5. The number of hydrogen-bond acceptors (Lipinski definition) is 14. The summed E-state index contributed by atoms with van der Waals surface area (Å²) in [4.78, 5) is 64.5. The van der Waals surface area contributed by atoms with Crippen LogP contribution in [0.1, 0.15) is 0 Å². The van der Waals surface area contributed by atoms with E-state index in [-0.39, 0.29) is 0 Å². The van der Waals surface area contributed by atoms with Gasteiger partial charge in [0.05, 0.1) is 128 Å². The Hall–Kier alpha value is -20.3. The molecule has 32 rings (SSSR count). The van der Waals surface area contributed by atoms with Crippen LogP contribution in [0.2, 0.25) is 0 Å². The van der Waals surface area contributed by atoms with E-state index in [1.807, 2.05) is 80.0 Å². The zero-order valence-electron chi connectivity index (χ0n) is 76.6. The number of fused-ring (bicyclic) bond motifs is 40. The summed E-state index contributed by atoms with van der Waals surface area (Å²) in [6, 6.07) is 121. The number of pyridine rings is 2. The Balaban J connectivity index is 0.0000000913. The highest BCUT2D eigenvalue weighted by molar-refractivity contribution is 6.40. The predicted octanol–water partition coefficient (Wildman–Crippen LogP) is 27.7. The zero-order valence-corrected chi connectivity index (χ0v) is 76.6. The molecule has 0 aliphatic rings. The van der Waals surface area contributed by atoms with E-state index >= 15 is 0 Å². The van der Waals surface area contributed by atoms with Crippen LogP contribution < -0.4 is 0 Å². The number of aromatic nitrogens is 22. The van der Waals surface area contributed by atoms with E-state index in [2.05, 4.69) is 403 Å². The van der Waals surface area contributed by atoms with Gasteiger partial charge in [0.2, 0.25) is 5.95 Å². The quantitative estimate of drug-likeness (QED) is 0.138. The van der Waals surface area contributed by atoms with E-state index in [9.17, 15) is 0 Å². The second kappa shape index (κ2) is 32.7. The lowest BCUT2D eigenvalue weighted by Crippen LogP contribution is -2.02. The summed E-state index contributed by atoms with van der Waals surface area (Å²) in [6.07, 6.45) is 30.7. The molecule has 0 aliphatic carbocycles. The van der Waals surface area contributed by atoms with E-state index in [0.717, 1.165) is 242 Å². The molecule has 22 nitrogen and oxygen atoms in total. The number of nitrogens with zero attached hydrogens (tertiary/aromatic N) is 22. The van der Waals surface area contributed by atoms with Gasteiger partial charge in [-0.2, -0.15) is 0 Å². The van der Waals surface area contributed by atoms with Gasteiger partial charge in [-0.05, 0) is 127 Å². The highest BCUT2D eigenvalue weighted by atomic mass is 15.2. The van der Waals surface area contributed by atoms with Gasteiger partial charge in [-0.1, -0.05) is 218 Å². The Labute approximate surface area is 816 Å². The van der Waals surface area contributed by atoms with Crippen LogP contribution in [0.5, 0.6) is 0 Å². The van der Waals surface area contributed by atoms with Gasteiger partial charge in [0.25, 0.3) is 0 Å². The molecular weight excluding hydrogens is 1770 g/mol. The molecule has 0 fully saturated rings. The lowest BCUT2D eigenvalue weighted by molar-refractivity contribution is 0.988. The average Bonchev–Trinajstić information content (AvgIpc) is 1.54. The Morgan fingerprint density at radius 2 is 0.396 bits per heavy atom. The van der Waals surface area contributed by atoms with Crippen molar-refractivity contribution in [3.8, 4) is 45.9 Å². The molecule has 32 aromatic rings. The van der Waals surface area contributed by atoms with Crippen molar-refractivity contribution < 1.29 is 0 Å². The monoisotopic (exact) mass is 1850 g/mol. The van der Waals surface area contributed by atoms with E-state index in [1.165, 1.54) is 16.2 Å². The van der Waals surface area contributed by atoms with Crippen molar-refractivity contribution in [1.29, 1.82) is 0 Å². The zero-order chi connectivity index (χ0) is 94.6. The summed E-state index contributed by atoms with van der Waals surface area (Å²) < 4.78 is 18.5. The van der Waals surface area contributed by atoms with Crippen LogP contribution in [0.25, 0.3) is 264 Å². The largest absolute Gasteiger partial charge is 0.307 e. The van der Waals surface area contributed by atoms with Gasteiger partial charge in [0.15, 0.2) is 5.82 Å². The second-order valence-electron chi connectivity index (χ2n) is 35.6. The second-order valence-corrected chi connectivity index (χ2v) is 35.6. The first kappa shape index (κ1) is 81.0. The molecule has 0 radical (unpaired) electrons. The number of hydrogen-bond donors (Lipinski definition) is 0. The number of para-hydroxylation sites is 12. The standard InChI is InChI=1S/2C31H19N5.2C30H18N6/c1-2-9-20(10-3-1)35-25-14-6-4-12-22(25)27-24-18-33-19-34-29(24)28-23-13-5-7-15-26(23)36(31(28)30(27)35)21-11-8-16-32-17-21;1-2-8-20(9-3-1)35-25-12-6-4-10-22(25)27-24-18-33-19-34-29(24)28-23-11-5-7-13-26(23)36(31(28)30(27)35)21-14-16-32-17-15-21;1-2-9-19(10-3-1)35-23-13-6-4-11-20(23)25-22-17-31-18-34-27(22)26-21-12-5-7-14-24(21)36(29(26)28(25)35)30-32-15-8-16-33-30;1-2-8-19(9-3-1)35-23-12-6-4-10-20(23)26-22-16-32-18-34-28(22)27-21-11-5-7-13-24(21)36(30(27)29(26)35)25-17-31-14-15-33-25/h2*1-19H;2*1-18H. The summed E-state index contributed by atoms with van der Waals surface area (Å²) in [5.74, 6) is 1.39. The SMILES string of the molecule is c1ccc(-n2c3ccccc3c3c4cncnc4c4c5ccccc5n(-c5cccnc5)c4c32)cc1.c1ccc(-n2c3ccccc3c3c4cncnc4c4c5ccccc5n(-c5ccncc5)c4c32)cc1.c1ccc(-n2c3ccccc3c3c4cncnc4c4c5ccccc5n(-c5cnccn5)c4c32)cc1.c1ccc(-n2c3ccccc3c3c4cncnc4c4c5ccccc5n(-c5ncccn5)c4c32)cc1. The summed E-state index contributed by atoms with van der Waals surface area (Å²) in [5, 5.41) is 22.4. The third kappa shape index (κ3) is 12.1. The van der Waals surface area contributed by atoms with Gasteiger partial charge in [-0.3, -0.25) is 24.1 Å². The van der Waals surface area contributed by atoms with Crippen molar-refractivity contribution in [3.05, 3.63) is 452 Å². The maximum Gasteiger partial charge on any atom is 0.234 e. The molecule has 0 saturated heterocycles. The molecule has 0 atom stereocenters. The minimum absolute atomic E-state index is 0.628. The van der Waals surface area contributed by atoms with Crippen molar-refractivity contribution in [3.63, 3.8) is 0 Å². The van der Waals surface area contributed by atoms with Crippen molar-refractivity contribution in [2.24, 2.45) is 0 Å². The molecule has 16 aromatic heterocycles. The van der Waals surface area contributed by atoms with Gasteiger partial charge < -0.3 is 27.4 Å². The van der Waals surface area contributed by atoms with Crippen molar-refractivity contribution in [1.82, 2.24) is 106 Å². The highest BCUT2D eigenvalue weighted by Gasteiger charge is 2.32. The molecule has 0 aliphatic heterocycles. The molecule has 22 heteroatoms. The fraction of sp³-hybridized carbons (Fsp3) is 0. The van der Waals surface area contributed by atoms with Gasteiger partial charge in [-0.15, -0.1) is 0 Å². The maximum atomic E-state index is 4.86. The first-order valence-corrected chi connectivity index (χ1v) is 47.5. The Bertz CT molecular complexity index is 8970. The number of benzene rings is 16. The third-order valence-corrected chi connectivity index (χ3v) is 28.2. The normalized spacial score (nSPS) is 11.9. The summed E-state index contributed by atoms with van der Waals surface area (Å²) >= 11 is 0. The number of rotatable bonds is 8. The summed E-state index contributed by atoms with van der Waals surface area (Å²) in [6.45, 7) is 0. The van der Waals surface area contributed by atoms with Crippen LogP contribution in [-0.2, 0) is 0 Å². The highest BCUT2D eigenvalue weighted by Crippen LogP contribution is 2.52. The maximum absolute atomic E-state index is 4.86. The van der Waals surface area contributed by atoms with Crippen LogP contribution in [0.4, 0.5) is 0 Å². The van der Waals surface area contributed by atoms with E-state index in [4.69, 9.17) is 24.9 Å². The molecule has 144 heavy (non-hydrogen) atoms. The lowest BCUT2D eigenvalue weighted by atomic mass is 10.0. The molecule has 0 amide bonds. The van der Waals surface area contributed by atoms with E-state index in [1.54, 1.807) is 50.1 Å². The van der Waals surface area contributed by atoms with E-state index < -0.39 is 0 Å². The fourth-order valence-electron chi connectivity index (χ4n) is 22.8.